The van der Waals surface area contributed by atoms with Gasteiger partial charge in [0.1, 0.15) is 11.6 Å². The Morgan fingerprint density at radius 2 is 0.785 bits per heavy atom. The highest BCUT2D eigenvalue weighted by atomic mass is 16.6. The molecule has 0 aromatic rings. The lowest BCUT2D eigenvalue weighted by molar-refractivity contribution is -0.150. The normalized spacial score (nSPS) is 12.8. The molecule has 0 aliphatic heterocycles. The third kappa shape index (κ3) is 40.0. The Morgan fingerprint density at radius 1 is 0.431 bits per heavy atom. The van der Waals surface area contributed by atoms with E-state index in [1.54, 1.807) is 20.8 Å². The van der Waals surface area contributed by atoms with Gasteiger partial charge in [-0.05, 0) is 91.4 Å². The van der Waals surface area contributed by atoms with Crippen LogP contribution in [-0.4, -0.2) is 67.8 Å². The van der Waals surface area contributed by atoms with Gasteiger partial charge in [0.05, 0.1) is 25.0 Å². The molecule has 382 valence electrons. The molecule has 3 atom stereocenters. The summed E-state index contributed by atoms with van der Waals surface area (Å²) in [6.07, 6.45) is 33.9. The number of ether oxygens (including phenoxy) is 3. The summed E-state index contributed by atoms with van der Waals surface area (Å²) in [5.41, 5.74) is -0.731. The third-order valence-corrected chi connectivity index (χ3v) is 12.2. The van der Waals surface area contributed by atoms with Gasteiger partial charge in [0, 0.05) is 19.5 Å². The first-order chi connectivity index (χ1) is 31.4. The van der Waals surface area contributed by atoms with Crippen LogP contribution in [0.15, 0.2) is 0 Å². The van der Waals surface area contributed by atoms with Gasteiger partial charge in [-0.15, -0.1) is 0 Å². The monoisotopic (exact) mass is 922 g/mol. The number of nitrogens with one attached hydrogen (secondary N) is 3. The van der Waals surface area contributed by atoms with Crippen LogP contribution in [0.2, 0.25) is 0 Å². The smallest absolute Gasteiger partial charge is 0.408 e. The predicted molar refractivity (Wildman–Crippen MR) is 268 cm³/mol. The maximum Gasteiger partial charge on any atom is 0.408 e. The van der Waals surface area contributed by atoms with Crippen molar-refractivity contribution in [2.45, 2.75) is 278 Å². The molecule has 0 bridgehead atoms. The van der Waals surface area contributed by atoms with E-state index in [1.165, 1.54) is 103 Å². The molecule has 0 aromatic heterocycles. The van der Waals surface area contributed by atoms with Crippen LogP contribution in [0, 0.1) is 11.8 Å². The Kier molecular flexibility index (Phi) is 41.8. The van der Waals surface area contributed by atoms with Crippen molar-refractivity contribution in [1.82, 2.24) is 16.0 Å². The Labute approximate surface area is 399 Å². The summed E-state index contributed by atoms with van der Waals surface area (Å²) in [6, 6.07) is -0.911. The van der Waals surface area contributed by atoms with Crippen molar-refractivity contribution in [3.63, 3.8) is 0 Å². The molecule has 0 aliphatic rings. The molecule has 3 N–H and O–H groups in total. The van der Waals surface area contributed by atoms with Crippen molar-refractivity contribution in [1.29, 1.82) is 0 Å². The maximum atomic E-state index is 13.2. The Bertz CT molecular complexity index is 1180. The van der Waals surface area contributed by atoms with Crippen LogP contribution >= 0.6 is 0 Å². The van der Waals surface area contributed by atoms with Crippen LogP contribution in [0.3, 0.4) is 0 Å². The lowest BCUT2D eigenvalue weighted by Crippen LogP contribution is -2.48. The van der Waals surface area contributed by atoms with E-state index in [0.717, 1.165) is 103 Å². The lowest BCUT2D eigenvalue weighted by atomic mass is 9.94. The van der Waals surface area contributed by atoms with Crippen molar-refractivity contribution < 1.29 is 38.2 Å². The fraction of sp³-hybridized carbons (Fsp3) is 0.907. The molecule has 2 unspecified atom stereocenters. The van der Waals surface area contributed by atoms with Gasteiger partial charge < -0.3 is 30.2 Å². The molecule has 0 fully saturated rings. The highest BCUT2D eigenvalue weighted by Crippen LogP contribution is 2.22. The van der Waals surface area contributed by atoms with E-state index in [-0.39, 0.29) is 48.4 Å². The molecule has 0 aromatic carbocycles. The summed E-state index contributed by atoms with van der Waals surface area (Å²) >= 11 is 0. The number of hydrogen-bond acceptors (Lipinski definition) is 8. The van der Waals surface area contributed by atoms with E-state index in [9.17, 15) is 24.0 Å². The molecule has 0 saturated carbocycles. The molecule has 0 spiro atoms. The van der Waals surface area contributed by atoms with Gasteiger partial charge in [-0.25, -0.2) is 4.79 Å². The Hall–Kier alpha value is -2.85. The predicted octanol–water partition coefficient (Wildman–Crippen LogP) is 13.8. The molecule has 65 heavy (non-hydrogen) atoms. The van der Waals surface area contributed by atoms with Gasteiger partial charge in [0.25, 0.3) is 0 Å². The van der Waals surface area contributed by atoms with E-state index in [4.69, 9.17) is 14.2 Å². The summed E-state index contributed by atoms with van der Waals surface area (Å²) in [7, 11) is 0. The molecule has 0 aliphatic carbocycles. The fourth-order valence-electron chi connectivity index (χ4n) is 8.12. The molecule has 3 amide bonds. The number of amides is 3. The second-order valence-electron chi connectivity index (χ2n) is 19.7. The number of unbranched alkanes of at least 4 members (excludes halogenated alkanes) is 22. The highest BCUT2D eigenvalue weighted by molar-refractivity contribution is 5.86. The second kappa shape index (κ2) is 43.7. The molecule has 11 nitrogen and oxygen atoms in total. The standard InChI is InChI=1S/C54H103N3O8/c1-8-12-16-20-22-30-38-46(36-28-18-14-10-3)51(60)63-44-34-26-24-32-42-55-49(58)41-40-48(57-53(62)65-54(5,6)7)50(59)56-43-33-25-27-35-45-64-52(61)47(37-29-19-15-11-4)39-31-23-21-17-13-9-2/h46-48H,8-45H2,1-7H3,(H,55,58)(H,56,59)(H,57,62)/t46?,47?,48-/m0/s1. The minimum Gasteiger partial charge on any atom is -0.465 e. The molecule has 0 heterocycles. The first-order valence-corrected chi connectivity index (χ1v) is 27.2. The van der Waals surface area contributed by atoms with E-state index in [2.05, 4.69) is 43.6 Å². The van der Waals surface area contributed by atoms with Crippen molar-refractivity contribution in [3.8, 4) is 0 Å². The van der Waals surface area contributed by atoms with Gasteiger partial charge in [0.2, 0.25) is 11.8 Å². The van der Waals surface area contributed by atoms with Crippen molar-refractivity contribution >= 4 is 29.8 Å². The first kappa shape index (κ1) is 62.1. The van der Waals surface area contributed by atoms with Gasteiger partial charge in [-0.1, -0.05) is 169 Å². The molecule has 11 heteroatoms. The van der Waals surface area contributed by atoms with Crippen LogP contribution in [0.4, 0.5) is 4.79 Å². The fourth-order valence-corrected chi connectivity index (χ4v) is 8.12. The van der Waals surface area contributed by atoms with Gasteiger partial charge in [-0.3, -0.25) is 19.2 Å². The van der Waals surface area contributed by atoms with Gasteiger partial charge in [-0.2, -0.15) is 0 Å². The number of carbonyl (C=O) groups is 5. The molecular weight excluding hydrogens is 819 g/mol. The number of carbonyl (C=O) groups excluding carboxylic acids is 5. The van der Waals surface area contributed by atoms with Crippen molar-refractivity contribution in [2.75, 3.05) is 26.3 Å². The summed E-state index contributed by atoms with van der Waals surface area (Å²) in [5, 5.41) is 8.54. The van der Waals surface area contributed by atoms with Crippen LogP contribution in [0.25, 0.3) is 0 Å². The molecule has 0 saturated heterocycles. The minimum atomic E-state index is -0.911. The Balaban J connectivity index is 4.60. The zero-order valence-corrected chi connectivity index (χ0v) is 43.4. The zero-order valence-electron chi connectivity index (χ0n) is 43.4. The van der Waals surface area contributed by atoms with Crippen molar-refractivity contribution in [3.05, 3.63) is 0 Å². The van der Waals surface area contributed by atoms with Crippen LogP contribution in [0.1, 0.15) is 267 Å². The highest BCUT2D eigenvalue weighted by Gasteiger charge is 2.25. The average Bonchev–Trinajstić information content (AvgIpc) is 3.26. The van der Waals surface area contributed by atoms with Crippen LogP contribution in [0.5, 0.6) is 0 Å². The van der Waals surface area contributed by atoms with E-state index >= 15 is 0 Å². The summed E-state index contributed by atoms with van der Waals surface area (Å²) in [6.45, 7) is 16.0. The SMILES string of the molecule is CCCCCCCCC(CCCCCC)C(=O)OCCCCCCNC(=O)CC[C@H](NC(=O)OC(C)(C)C)C(=O)NCCCCCCOC(=O)C(CCCCCC)CCCCCCCC. The van der Waals surface area contributed by atoms with Gasteiger partial charge >= 0.3 is 18.0 Å². The number of esters is 2. The summed E-state index contributed by atoms with van der Waals surface area (Å²) in [5.74, 6) is -0.577. The van der Waals surface area contributed by atoms with Crippen LogP contribution in [-0.2, 0) is 33.4 Å². The topological polar surface area (TPSA) is 149 Å². The summed E-state index contributed by atoms with van der Waals surface area (Å²) in [4.78, 5) is 64.5. The lowest BCUT2D eigenvalue weighted by Gasteiger charge is -2.23. The zero-order chi connectivity index (χ0) is 48.2. The maximum absolute atomic E-state index is 13.2. The molecule has 0 radical (unpaired) electrons. The van der Waals surface area contributed by atoms with E-state index in [0.29, 0.717) is 26.3 Å². The van der Waals surface area contributed by atoms with E-state index in [1.807, 2.05) is 0 Å². The van der Waals surface area contributed by atoms with Crippen molar-refractivity contribution in [2.24, 2.45) is 11.8 Å². The second-order valence-corrected chi connectivity index (χ2v) is 19.7. The molecular formula is C54H103N3O8. The number of rotatable bonds is 45. The number of alkyl carbamates (subject to hydrolysis) is 1. The van der Waals surface area contributed by atoms with E-state index < -0.39 is 17.7 Å². The number of hydrogen-bond donors (Lipinski definition) is 3. The minimum absolute atomic E-state index is 0.00420. The quantitative estimate of drug-likeness (QED) is 0.0310. The largest absolute Gasteiger partial charge is 0.465 e. The first-order valence-electron chi connectivity index (χ1n) is 27.2. The average molecular weight is 922 g/mol. The van der Waals surface area contributed by atoms with Crippen LogP contribution < -0.4 is 16.0 Å². The molecule has 0 rings (SSSR count). The third-order valence-electron chi connectivity index (χ3n) is 12.2. The summed E-state index contributed by atoms with van der Waals surface area (Å²) < 4.78 is 16.9. The van der Waals surface area contributed by atoms with Gasteiger partial charge in [0.15, 0.2) is 0 Å². The Morgan fingerprint density at radius 3 is 1.20 bits per heavy atom.